The van der Waals surface area contributed by atoms with Crippen molar-refractivity contribution in [3.8, 4) is 0 Å². The zero-order valence-electron chi connectivity index (χ0n) is 8.58. The molecule has 1 rings (SSSR count). The lowest BCUT2D eigenvalue weighted by Crippen LogP contribution is -1.94. The van der Waals surface area contributed by atoms with Crippen molar-refractivity contribution in [2.24, 2.45) is 0 Å². The third-order valence-electron chi connectivity index (χ3n) is 1.74. The Kier molecular flexibility index (Phi) is 5.22. The topological polar surface area (TPSA) is 54.4 Å². The molecule has 0 fully saturated rings. The maximum atomic E-state index is 11.7. The lowest BCUT2D eigenvalue weighted by atomic mass is 10.4. The van der Waals surface area contributed by atoms with Gasteiger partial charge in [-0.25, -0.2) is 4.79 Å². The van der Waals surface area contributed by atoms with Gasteiger partial charge in [-0.05, 0) is 12.1 Å². The second-order valence-electron chi connectivity index (χ2n) is 2.95. The first kappa shape index (κ1) is 12.4. The summed E-state index contributed by atoms with van der Waals surface area (Å²) < 4.78 is 11.7. The van der Waals surface area contributed by atoms with E-state index in [9.17, 15) is 9.00 Å². The fraction of sp³-hybridized carbons (Fsp3) is 0.0833. The average Bonchev–Trinajstić information content (AvgIpc) is 2.29. The van der Waals surface area contributed by atoms with Gasteiger partial charge in [-0.15, -0.1) is 0 Å². The third kappa shape index (κ3) is 4.70. The highest BCUT2D eigenvalue weighted by Gasteiger charge is 1.98. The highest BCUT2D eigenvalue weighted by Crippen LogP contribution is 2.05. The number of hydrogen-bond acceptors (Lipinski definition) is 2. The number of aliphatic carboxylic acids is 1. The van der Waals surface area contributed by atoms with E-state index >= 15 is 0 Å². The van der Waals surface area contributed by atoms with Gasteiger partial charge in [0, 0.05) is 16.7 Å². The molecule has 0 spiro atoms. The Bertz CT molecular complexity index is 421. The standard InChI is InChI=1S/C12H12O3S/c13-12(14)9-5-2-6-10-16(15)11-7-3-1-4-8-11/h1-9H,10H2,(H,13,14)/b6-2+,9-5+. The van der Waals surface area contributed by atoms with E-state index in [0.29, 0.717) is 5.75 Å². The molecule has 1 N–H and O–H groups in total. The van der Waals surface area contributed by atoms with Gasteiger partial charge in [-0.2, -0.15) is 0 Å². The van der Waals surface area contributed by atoms with Crippen LogP contribution < -0.4 is 0 Å². The summed E-state index contributed by atoms with van der Waals surface area (Å²) in [6.07, 6.45) is 5.70. The molecule has 0 aliphatic rings. The van der Waals surface area contributed by atoms with Crippen LogP contribution in [0.2, 0.25) is 0 Å². The molecular formula is C12H12O3S. The minimum atomic E-state index is -1.07. The number of carboxylic acid groups (broad SMARTS) is 1. The minimum absolute atomic E-state index is 0.383. The molecule has 16 heavy (non-hydrogen) atoms. The van der Waals surface area contributed by atoms with Crippen LogP contribution in [0.4, 0.5) is 0 Å². The van der Waals surface area contributed by atoms with Crippen molar-refractivity contribution in [3.05, 3.63) is 54.6 Å². The van der Waals surface area contributed by atoms with Crippen LogP contribution in [-0.2, 0) is 15.6 Å². The van der Waals surface area contributed by atoms with Crippen molar-refractivity contribution >= 4 is 16.8 Å². The van der Waals surface area contributed by atoms with Crippen LogP contribution >= 0.6 is 0 Å². The van der Waals surface area contributed by atoms with Crippen LogP contribution in [-0.4, -0.2) is 21.0 Å². The summed E-state index contributed by atoms with van der Waals surface area (Å²) >= 11 is 0. The first-order chi connectivity index (χ1) is 7.70. The Morgan fingerprint density at radius 3 is 2.56 bits per heavy atom. The summed E-state index contributed by atoms with van der Waals surface area (Å²) in [5.41, 5.74) is 0. The van der Waals surface area contributed by atoms with E-state index in [0.717, 1.165) is 11.0 Å². The molecule has 1 aromatic rings. The molecule has 0 heterocycles. The van der Waals surface area contributed by atoms with Crippen LogP contribution in [0.5, 0.6) is 0 Å². The summed E-state index contributed by atoms with van der Waals surface area (Å²) in [5.74, 6) is -0.609. The SMILES string of the molecule is O=C(O)/C=C/C=C/CS(=O)c1ccccc1. The van der Waals surface area contributed by atoms with Crippen molar-refractivity contribution in [1.82, 2.24) is 0 Å². The molecule has 0 radical (unpaired) electrons. The molecule has 1 aromatic carbocycles. The maximum Gasteiger partial charge on any atom is 0.328 e. The number of hydrogen-bond donors (Lipinski definition) is 1. The van der Waals surface area contributed by atoms with Crippen molar-refractivity contribution in [3.63, 3.8) is 0 Å². The van der Waals surface area contributed by atoms with Gasteiger partial charge in [0.2, 0.25) is 0 Å². The minimum Gasteiger partial charge on any atom is -0.478 e. The number of carboxylic acids is 1. The predicted molar refractivity (Wildman–Crippen MR) is 63.6 cm³/mol. The van der Waals surface area contributed by atoms with E-state index in [1.54, 1.807) is 24.3 Å². The molecule has 0 aliphatic heterocycles. The van der Waals surface area contributed by atoms with Gasteiger partial charge in [0.05, 0.1) is 10.8 Å². The number of benzene rings is 1. The van der Waals surface area contributed by atoms with Crippen LogP contribution in [0, 0.1) is 0 Å². The molecule has 0 saturated carbocycles. The molecule has 3 nitrogen and oxygen atoms in total. The largest absolute Gasteiger partial charge is 0.478 e. The van der Waals surface area contributed by atoms with Crippen LogP contribution in [0.25, 0.3) is 0 Å². The number of rotatable bonds is 5. The lowest BCUT2D eigenvalue weighted by molar-refractivity contribution is -0.131. The Morgan fingerprint density at radius 2 is 1.94 bits per heavy atom. The molecule has 0 amide bonds. The fourth-order valence-electron chi connectivity index (χ4n) is 1.03. The highest BCUT2D eigenvalue weighted by molar-refractivity contribution is 7.85. The number of carbonyl (C=O) groups is 1. The van der Waals surface area contributed by atoms with Gasteiger partial charge in [0.15, 0.2) is 0 Å². The molecular weight excluding hydrogens is 224 g/mol. The highest BCUT2D eigenvalue weighted by atomic mass is 32.2. The van der Waals surface area contributed by atoms with Gasteiger partial charge in [0.1, 0.15) is 0 Å². The Morgan fingerprint density at radius 1 is 1.25 bits per heavy atom. The summed E-state index contributed by atoms with van der Waals surface area (Å²) in [6.45, 7) is 0. The maximum absolute atomic E-state index is 11.7. The number of allylic oxidation sites excluding steroid dienone is 2. The van der Waals surface area contributed by atoms with Crippen molar-refractivity contribution in [2.45, 2.75) is 4.90 Å². The molecule has 0 saturated heterocycles. The molecule has 0 aliphatic carbocycles. The van der Waals surface area contributed by atoms with Crippen LogP contribution in [0.15, 0.2) is 59.5 Å². The molecule has 1 atom stereocenters. The van der Waals surface area contributed by atoms with E-state index in [4.69, 9.17) is 5.11 Å². The van der Waals surface area contributed by atoms with Crippen molar-refractivity contribution in [1.29, 1.82) is 0 Å². The van der Waals surface area contributed by atoms with Gasteiger partial charge < -0.3 is 5.11 Å². The lowest BCUT2D eigenvalue weighted by Gasteiger charge is -1.96. The molecule has 84 valence electrons. The van der Waals surface area contributed by atoms with Gasteiger partial charge in [-0.3, -0.25) is 4.21 Å². The van der Waals surface area contributed by atoms with E-state index in [1.807, 2.05) is 18.2 Å². The smallest absolute Gasteiger partial charge is 0.328 e. The fourth-order valence-corrected chi connectivity index (χ4v) is 1.97. The van der Waals surface area contributed by atoms with Gasteiger partial charge in [0.25, 0.3) is 0 Å². The van der Waals surface area contributed by atoms with E-state index in [-0.39, 0.29) is 0 Å². The van der Waals surface area contributed by atoms with E-state index < -0.39 is 16.8 Å². The summed E-state index contributed by atoms with van der Waals surface area (Å²) in [5, 5.41) is 8.32. The van der Waals surface area contributed by atoms with Gasteiger partial charge >= 0.3 is 5.97 Å². The zero-order chi connectivity index (χ0) is 11.8. The van der Waals surface area contributed by atoms with Crippen LogP contribution in [0.3, 0.4) is 0 Å². The Hall–Kier alpha value is -1.68. The monoisotopic (exact) mass is 236 g/mol. The second-order valence-corrected chi connectivity index (χ2v) is 4.45. The second kappa shape index (κ2) is 6.74. The summed E-state index contributed by atoms with van der Waals surface area (Å²) in [4.78, 5) is 10.9. The van der Waals surface area contributed by atoms with Crippen LogP contribution in [0.1, 0.15) is 0 Å². The average molecular weight is 236 g/mol. The first-order valence-electron chi connectivity index (χ1n) is 4.69. The molecule has 4 heteroatoms. The predicted octanol–water partition coefficient (Wildman–Crippen LogP) is 1.99. The summed E-state index contributed by atoms with van der Waals surface area (Å²) in [6, 6.07) is 9.14. The van der Waals surface area contributed by atoms with Crippen molar-refractivity contribution < 1.29 is 14.1 Å². The molecule has 0 bridgehead atoms. The Labute approximate surface area is 96.6 Å². The van der Waals surface area contributed by atoms with Crippen molar-refractivity contribution in [2.75, 3.05) is 5.75 Å². The Balaban J connectivity index is 2.45. The van der Waals surface area contributed by atoms with E-state index in [1.165, 1.54) is 6.08 Å². The molecule has 0 aromatic heterocycles. The normalized spacial score (nSPS) is 13.2. The quantitative estimate of drug-likeness (QED) is 0.628. The zero-order valence-corrected chi connectivity index (χ0v) is 9.39. The molecule has 1 unspecified atom stereocenters. The third-order valence-corrected chi connectivity index (χ3v) is 3.03. The summed E-state index contributed by atoms with van der Waals surface area (Å²) in [7, 11) is -1.07. The first-order valence-corrected chi connectivity index (χ1v) is 6.01. The van der Waals surface area contributed by atoms with Gasteiger partial charge in [-0.1, -0.05) is 36.4 Å². The van der Waals surface area contributed by atoms with E-state index in [2.05, 4.69) is 0 Å².